The Hall–Kier alpha value is -1.94. The van der Waals surface area contributed by atoms with Gasteiger partial charge < -0.3 is 0 Å². The first-order valence-corrected chi connectivity index (χ1v) is 5.95. The molecule has 0 saturated heterocycles. The van der Waals surface area contributed by atoms with Crippen LogP contribution in [0.5, 0.6) is 0 Å². The number of hydrogen-bond donors (Lipinski definition) is 1. The quantitative estimate of drug-likeness (QED) is 0.652. The number of halogens is 3. The highest BCUT2D eigenvalue weighted by molar-refractivity contribution is 6.30. The van der Waals surface area contributed by atoms with E-state index in [4.69, 9.17) is 11.6 Å². The molecule has 0 aromatic heterocycles. The highest BCUT2D eigenvalue weighted by Gasteiger charge is 2.06. The molecule has 0 aliphatic rings. The number of hydrogen-bond acceptors (Lipinski definition) is 2. The number of anilines is 1. The summed E-state index contributed by atoms with van der Waals surface area (Å²) in [5, 5.41) is 4.57. The van der Waals surface area contributed by atoms with Crippen molar-refractivity contribution in [2.75, 3.05) is 5.43 Å². The molecule has 0 amide bonds. The van der Waals surface area contributed by atoms with Crippen molar-refractivity contribution in [2.24, 2.45) is 5.10 Å². The summed E-state index contributed by atoms with van der Waals surface area (Å²) in [6.45, 7) is 1.59. The fourth-order valence-electron chi connectivity index (χ4n) is 1.54. The zero-order valence-electron chi connectivity index (χ0n) is 10.1. The molecule has 0 saturated carbocycles. The van der Waals surface area contributed by atoms with Crippen LogP contribution < -0.4 is 5.43 Å². The summed E-state index contributed by atoms with van der Waals surface area (Å²) >= 11 is 5.83. The summed E-state index contributed by atoms with van der Waals surface area (Å²) < 4.78 is 26.6. The zero-order valence-corrected chi connectivity index (χ0v) is 10.9. The van der Waals surface area contributed by atoms with Crippen LogP contribution in [0.15, 0.2) is 47.6 Å². The van der Waals surface area contributed by atoms with E-state index in [9.17, 15) is 8.78 Å². The Kier molecular flexibility index (Phi) is 4.12. The van der Waals surface area contributed by atoms with Gasteiger partial charge in [0.05, 0.1) is 11.4 Å². The average Bonchev–Trinajstić information content (AvgIpc) is 2.39. The Bertz CT molecular complexity index is 627. The minimum atomic E-state index is -0.518. The number of nitrogens with zero attached hydrogens (tertiary/aromatic N) is 1. The maximum atomic E-state index is 13.5. The number of benzene rings is 2. The highest BCUT2D eigenvalue weighted by Crippen LogP contribution is 2.16. The molecule has 1 N–H and O–H groups in total. The summed E-state index contributed by atoms with van der Waals surface area (Å²) in [6.07, 6.45) is 0. The average molecular weight is 281 g/mol. The molecule has 2 nitrogen and oxygen atoms in total. The molecule has 0 fully saturated rings. The molecule has 19 heavy (non-hydrogen) atoms. The van der Waals surface area contributed by atoms with Crippen molar-refractivity contribution < 1.29 is 8.78 Å². The normalized spacial score (nSPS) is 11.5. The van der Waals surface area contributed by atoms with E-state index in [1.54, 1.807) is 31.2 Å². The molecule has 0 spiro atoms. The Balaban J connectivity index is 2.21. The van der Waals surface area contributed by atoms with Crippen LogP contribution in [-0.4, -0.2) is 5.71 Å². The maximum Gasteiger partial charge on any atom is 0.132 e. The van der Waals surface area contributed by atoms with E-state index in [1.165, 1.54) is 0 Å². The van der Waals surface area contributed by atoms with Gasteiger partial charge >= 0.3 is 0 Å². The fourth-order valence-corrected chi connectivity index (χ4v) is 1.73. The van der Waals surface area contributed by atoms with E-state index in [1.807, 2.05) is 0 Å². The van der Waals surface area contributed by atoms with Gasteiger partial charge in [0, 0.05) is 10.6 Å². The van der Waals surface area contributed by atoms with Gasteiger partial charge in [-0.15, -0.1) is 0 Å². The predicted octanol–water partition coefficient (Wildman–Crippen LogP) is 4.45. The van der Waals surface area contributed by atoms with Gasteiger partial charge in [-0.25, -0.2) is 8.78 Å². The lowest BCUT2D eigenvalue weighted by Gasteiger charge is -2.05. The third-order valence-corrected chi connectivity index (χ3v) is 2.73. The first kappa shape index (κ1) is 13.5. The second-order valence-electron chi connectivity index (χ2n) is 3.94. The van der Waals surface area contributed by atoms with Crippen LogP contribution in [0.2, 0.25) is 5.02 Å². The molecule has 0 unspecified atom stereocenters. The molecule has 0 atom stereocenters. The number of nitrogens with one attached hydrogen (secondary N) is 1. The molecule has 0 heterocycles. The van der Waals surface area contributed by atoms with Crippen LogP contribution in [0.3, 0.4) is 0 Å². The van der Waals surface area contributed by atoms with Gasteiger partial charge in [0.25, 0.3) is 0 Å². The van der Waals surface area contributed by atoms with Crippen molar-refractivity contribution >= 4 is 23.0 Å². The first-order chi connectivity index (χ1) is 9.06. The van der Waals surface area contributed by atoms with Crippen molar-refractivity contribution in [1.29, 1.82) is 0 Å². The number of rotatable bonds is 3. The lowest BCUT2D eigenvalue weighted by molar-refractivity contribution is 0.598. The molecular weight excluding hydrogens is 270 g/mol. The lowest BCUT2D eigenvalue weighted by atomic mass is 10.1. The lowest BCUT2D eigenvalue weighted by Crippen LogP contribution is -2.03. The van der Waals surface area contributed by atoms with Gasteiger partial charge in [-0.05, 0) is 43.3 Å². The summed E-state index contributed by atoms with van der Waals surface area (Å²) in [4.78, 5) is 0. The van der Waals surface area contributed by atoms with E-state index in [0.717, 1.165) is 18.2 Å². The van der Waals surface area contributed by atoms with Crippen molar-refractivity contribution in [3.8, 4) is 0 Å². The van der Waals surface area contributed by atoms with Crippen LogP contribution in [-0.2, 0) is 0 Å². The Morgan fingerprint density at radius 3 is 2.68 bits per heavy atom. The molecule has 0 bridgehead atoms. The molecule has 0 radical (unpaired) electrons. The Labute approximate surface area is 114 Å². The van der Waals surface area contributed by atoms with Gasteiger partial charge in [0.1, 0.15) is 11.6 Å². The first-order valence-electron chi connectivity index (χ1n) is 5.57. The molecule has 0 aliphatic heterocycles. The van der Waals surface area contributed by atoms with Crippen molar-refractivity contribution in [3.63, 3.8) is 0 Å². The molecular formula is C14H11ClF2N2. The highest BCUT2D eigenvalue weighted by atomic mass is 35.5. The predicted molar refractivity (Wildman–Crippen MR) is 73.6 cm³/mol. The van der Waals surface area contributed by atoms with E-state index in [2.05, 4.69) is 10.5 Å². The van der Waals surface area contributed by atoms with Crippen molar-refractivity contribution in [3.05, 3.63) is 64.7 Å². The standard InChI is InChI=1S/C14H11ClF2N2/c1-9(13-8-11(16)5-6-14(13)17)18-19-12-4-2-3-10(15)7-12/h2-8,19H,1H3/b18-9-. The van der Waals surface area contributed by atoms with Crippen LogP contribution >= 0.6 is 11.6 Å². The Morgan fingerprint density at radius 1 is 1.16 bits per heavy atom. The molecule has 2 rings (SSSR count). The summed E-state index contributed by atoms with van der Waals surface area (Å²) in [6, 6.07) is 10.2. The number of hydrazone groups is 1. The largest absolute Gasteiger partial charge is 0.278 e. The topological polar surface area (TPSA) is 24.4 Å². The fraction of sp³-hybridized carbons (Fsp3) is 0.0714. The van der Waals surface area contributed by atoms with Gasteiger partial charge in [0.15, 0.2) is 0 Å². The van der Waals surface area contributed by atoms with Gasteiger partial charge in [-0.1, -0.05) is 17.7 Å². The van der Waals surface area contributed by atoms with Crippen LogP contribution in [0.1, 0.15) is 12.5 Å². The minimum absolute atomic E-state index is 0.120. The van der Waals surface area contributed by atoms with Crippen LogP contribution in [0, 0.1) is 11.6 Å². The van der Waals surface area contributed by atoms with Gasteiger partial charge in [-0.2, -0.15) is 5.10 Å². The summed E-state index contributed by atoms with van der Waals surface area (Å²) in [5.74, 6) is -1.02. The summed E-state index contributed by atoms with van der Waals surface area (Å²) in [7, 11) is 0. The van der Waals surface area contributed by atoms with Crippen LogP contribution in [0.4, 0.5) is 14.5 Å². The summed E-state index contributed by atoms with van der Waals surface area (Å²) in [5.41, 5.74) is 3.88. The van der Waals surface area contributed by atoms with Gasteiger partial charge in [0.2, 0.25) is 0 Å². The second kappa shape index (κ2) is 5.80. The molecule has 98 valence electrons. The third kappa shape index (κ3) is 3.51. The molecule has 5 heteroatoms. The SMILES string of the molecule is C/C(=N/Nc1cccc(Cl)c1)c1cc(F)ccc1F. The minimum Gasteiger partial charge on any atom is -0.278 e. The monoisotopic (exact) mass is 280 g/mol. The van der Waals surface area contributed by atoms with E-state index in [-0.39, 0.29) is 5.56 Å². The van der Waals surface area contributed by atoms with E-state index in [0.29, 0.717) is 16.4 Å². The van der Waals surface area contributed by atoms with Gasteiger partial charge in [-0.3, -0.25) is 5.43 Å². The second-order valence-corrected chi connectivity index (χ2v) is 4.38. The van der Waals surface area contributed by atoms with Crippen molar-refractivity contribution in [2.45, 2.75) is 6.92 Å². The van der Waals surface area contributed by atoms with Crippen LogP contribution in [0.25, 0.3) is 0 Å². The molecule has 0 aliphatic carbocycles. The maximum absolute atomic E-state index is 13.5. The third-order valence-electron chi connectivity index (χ3n) is 2.50. The van der Waals surface area contributed by atoms with E-state index >= 15 is 0 Å². The van der Waals surface area contributed by atoms with Crippen molar-refractivity contribution in [1.82, 2.24) is 0 Å². The Morgan fingerprint density at radius 2 is 1.95 bits per heavy atom. The molecule has 2 aromatic carbocycles. The smallest absolute Gasteiger partial charge is 0.132 e. The van der Waals surface area contributed by atoms with E-state index < -0.39 is 11.6 Å². The molecule has 2 aromatic rings. The zero-order chi connectivity index (χ0) is 13.8.